The number of guanidine groups is 1. The summed E-state index contributed by atoms with van der Waals surface area (Å²) in [5.41, 5.74) is 15.3. The van der Waals surface area contributed by atoms with E-state index in [9.17, 15) is 5.26 Å². The van der Waals surface area contributed by atoms with Gasteiger partial charge in [-0.2, -0.15) is 10.5 Å². The number of nitriles is 2. The third-order valence-electron chi connectivity index (χ3n) is 5.19. The van der Waals surface area contributed by atoms with Gasteiger partial charge in [0.05, 0.1) is 5.69 Å². The second-order valence-corrected chi connectivity index (χ2v) is 6.70. The van der Waals surface area contributed by atoms with Crippen LogP contribution >= 0.6 is 0 Å². The predicted molar refractivity (Wildman–Crippen MR) is 102 cm³/mol. The van der Waals surface area contributed by atoms with Gasteiger partial charge in [-0.05, 0) is 29.9 Å². The molecule has 8 heteroatoms. The van der Waals surface area contributed by atoms with E-state index in [2.05, 4.69) is 32.7 Å². The van der Waals surface area contributed by atoms with E-state index < -0.39 is 6.04 Å². The van der Waals surface area contributed by atoms with E-state index in [1.54, 1.807) is 0 Å². The van der Waals surface area contributed by atoms with Gasteiger partial charge in [0.2, 0.25) is 5.96 Å². The molecule has 1 aliphatic heterocycles. The molecule has 4 rings (SSSR count). The Kier molecular flexibility index (Phi) is 4.02. The Bertz CT molecular complexity index is 1010. The standard InChI is InChI=1S/C19H18N8/c20-8-13-15(22)14-16(12-6-4-11(5-7-12)10-2-1-3-10)25-19(24-9-21)27-18(14)26-17(13)23/h4-7,10,16H,1-3H2,(H6,22,23,24,25,26,27). The molecule has 1 aromatic carbocycles. The van der Waals surface area contributed by atoms with Crippen molar-refractivity contribution in [3.63, 3.8) is 0 Å². The van der Waals surface area contributed by atoms with Gasteiger partial charge in [-0.3, -0.25) is 5.32 Å². The van der Waals surface area contributed by atoms with Crippen molar-refractivity contribution >= 4 is 23.3 Å². The number of hydrogen-bond donors (Lipinski definition) is 4. The number of aromatic nitrogens is 1. The lowest BCUT2D eigenvalue weighted by Gasteiger charge is -2.28. The molecule has 1 saturated carbocycles. The number of rotatable bonds is 2. The van der Waals surface area contributed by atoms with Crippen LogP contribution in [0.1, 0.15) is 53.5 Å². The molecule has 2 aromatic rings. The van der Waals surface area contributed by atoms with Crippen LogP contribution in [-0.2, 0) is 0 Å². The van der Waals surface area contributed by atoms with Crippen LogP contribution in [0.4, 0.5) is 17.3 Å². The number of pyridine rings is 1. The highest BCUT2D eigenvalue weighted by Gasteiger charge is 2.30. The Labute approximate surface area is 156 Å². The van der Waals surface area contributed by atoms with Crippen LogP contribution in [0.2, 0.25) is 0 Å². The summed E-state index contributed by atoms with van der Waals surface area (Å²) in [6.07, 6.45) is 5.58. The van der Waals surface area contributed by atoms with Crippen LogP contribution in [0.5, 0.6) is 0 Å². The summed E-state index contributed by atoms with van der Waals surface area (Å²) in [6.45, 7) is 0. The van der Waals surface area contributed by atoms with Crippen molar-refractivity contribution in [2.45, 2.75) is 31.2 Å². The van der Waals surface area contributed by atoms with Gasteiger partial charge in [0.15, 0.2) is 6.19 Å². The maximum absolute atomic E-state index is 9.36. The lowest BCUT2D eigenvalue weighted by Crippen LogP contribution is -2.32. The smallest absolute Gasteiger partial charge is 0.211 e. The molecule has 134 valence electrons. The van der Waals surface area contributed by atoms with Crippen molar-refractivity contribution < 1.29 is 0 Å². The van der Waals surface area contributed by atoms with Gasteiger partial charge < -0.3 is 16.8 Å². The van der Waals surface area contributed by atoms with Gasteiger partial charge in [-0.1, -0.05) is 30.7 Å². The molecule has 0 bridgehead atoms. The van der Waals surface area contributed by atoms with E-state index in [0.29, 0.717) is 17.3 Å². The van der Waals surface area contributed by atoms with Crippen molar-refractivity contribution in [2.24, 2.45) is 4.99 Å². The minimum Gasteiger partial charge on any atom is -0.397 e. The molecule has 0 radical (unpaired) electrons. The SMILES string of the molecule is N#CNC1=NC(c2ccc(C3CCC3)cc2)c2c(nc(N)c(C#N)c2N)N1. The largest absolute Gasteiger partial charge is 0.397 e. The quantitative estimate of drug-likeness (QED) is 0.475. The zero-order chi connectivity index (χ0) is 19.0. The third-order valence-corrected chi connectivity index (χ3v) is 5.19. The van der Waals surface area contributed by atoms with Gasteiger partial charge in [0, 0.05) is 5.56 Å². The van der Waals surface area contributed by atoms with E-state index in [1.165, 1.54) is 24.8 Å². The first-order valence-corrected chi connectivity index (χ1v) is 8.71. The van der Waals surface area contributed by atoms with Crippen molar-refractivity contribution in [1.82, 2.24) is 10.3 Å². The first-order valence-electron chi connectivity index (χ1n) is 8.71. The van der Waals surface area contributed by atoms with Crippen LogP contribution in [0.25, 0.3) is 0 Å². The van der Waals surface area contributed by atoms with Gasteiger partial charge in [0.1, 0.15) is 29.3 Å². The zero-order valence-electron chi connectivity index (χ0n) is 14.5. The molecule has 8 nitrogen and oxygen atoms in total. The van der Waals surface area contributed by atoms with E-state index >= 15 is 0 Å². The maximum Gasteiger partial charge on any atom is 0.211 e. The fourth-order valence-corrected chi connectivity index (χ4v) is 3.51. The van der Waals surface area contributed by atoms with Gasteiger partial charge in [-0.15, -0.1) is 0 Å². The Morgan fingerprint density at radius 2 is 1.81 bits per heavy atom. The number of benzene rings is 1. The molecule has 1 aromatic heterocycles. The zero-order valence-corrected chi connectivity index (χ0v) is 14.5. The van der Waals surface area contributed by atoms with E-state index in [4.69, 9.17) is 16.7 Å². The van der Waals surface area contributed by atoms with Crippen LogP contribution in [-0.4, -0.2) is 10.9 Å². The number of nitrogens with two attached hydrogens (primary N) is 2. The molecule has 1 fully saturated rings. The molecular formula is C19H18N8. The second kappa shape index (κ2) is 6.50. The van der Waals surface area contributed by atoms with Gasteiger partial charge in [0.25, 0.3) is 0 Å². The summed E-state index contributed by atoms with van der Waals surface area (Å²) < 4.78 is 0. The number of aliphatic imine (C=N–C) groups is 1. The fourth-order valence-electron chi connectivity index (χ4n) is 3.51. The monoisotopic (exact) mass is 358 g/mol. The van der Waals surface area contributed by atoms with E-state index in [1.807, 2.05) is 24.4 Å². The normalized spacial score (nSPS) is 18.1. The highest BCUT2D eigenvalue weighted by atomic mass is 15.2. The van der Waals surface area contributed by atoms with Crippen LogP contribution in [0, 0.1) is 22.8 Å². The Balaban J connectivity index is 1.81. The lowest BCUT2D eigenvalue weighted by atomic mass is 9.79. The Morgan fingerprint density at radius 3 is 2.41 bits per heavy atom. The molecule has 27 heavy (non-hydrogen) atoms. The van der Waals surface area contributed by atoms with Crippen molar-refractivity contribution in [2.75, 3.05) is 16.8 Å². The molecule has 0 saturated heterocycles. The van der Waals surface area contributed by atoms with Crippen LogP contribution in [0.15, 0.2) is 29.3 Å². The van der Waals surface area contributed by atoms with Crippen LogP contribution in [0.3, 0.4) is 0 Å². The van der Waals surface area contributed by atoms with E-state index in [-0.39, 0.29) is 23.0 Å². The van der Waals surface area contributed by atoms with Gasteiger partial charge in [-0.25, -0.2) is 9.98 Å². The third kappa shape index (κ3) is 2.77. The average molecular weight is 358 g/mol. The first kappa shape index (κ1) is 16.7. The summed E-state index contributed by atoms with van der Waals surface area (Å²) >= 11 is 0. The minimum atomic E-state index is -0.493. The molecule has 2 aliphatic rings. The maximum atomic E-state index is 9.36. The number of hydrogen-bond acceptors (Lipinski definition) is 8. The average Bonchev–Trinajstić information content (AvgIpc) is 2.61. The highest BCUT2D eigenvalue weighted by Crippen LogP contribution is 2.41. The van der Waals surface area contributed by atoms with Crippen molar-refractivity contribution in [3.8, 4) is 12.3 Å². The van der Waals surface area contributed by atoms with Crippen molar-refractivity contribution in [3.05, 3.63) is 46.5 Å². The summed E-state index contributed by atoms with van der Waals surface area (Å²) in [7, 11) is 0. The number of nitrogen functional groups attached to an aromatic ring is 2. The number of anilines is 3. The topological polar surface area (TPSA) is 149 Å². The molecule has 1 unspecified atom stereocenters. The second-order valence-electron chi connectivity index (χ2n) is 6.70. The summed E-state index contributed by atoms with van der Waals surface area (Å²) in [4.78, 5) is 8.82. The Hall–Kier alpha value is -3.78. The number of nitrogens with one attached hydrogen (secondary N) is 2. The van der Waals surface area contributed by atoms with Gasteiger partial charge >= 0.3 is 0 Å². The molecule has 1 aliphatic carbocycles. The molecule has 2 heterocycles. The Morgan fingerprint density at radius 1 is 1.11 bits per heavy atom. The minimum absolute atomic E-state index is 0.0403. The molecule has 0 amide bonds. The molecule has 1 atom stereocenters. The lowest BCUT2D eigenvalue weighted by molar-refractivity contribution is 0.419. The number of nitrogens with zero attached hydrogens (tertiary/aromatic N) is 4. The van der Waals surface area contributed by atoms with E-state index in [0.717, 1.165) is 5.56 Å². The summed E-state index contributed by atoms with van der Waals surface area (Å²) in [5, 5.41) is 23.7. The van der Waals surface area contributed by atoms with Crippen LogP contribution < -0.4 is 22.1 Å². The highest BCUT2D eigenvalue weighted by molar-refractivity contribution is 5.98. The molecular weight excluding hydrogens is 340 g/mol. The molecule has 6 N–H and O–H groups in total. The number of fused-ring (bicyclic) bond motifs is 1. The van der Waals surface area contributed by atoms with Crippen molar-refractivity contribution in [1.29, 1.82) is 10.5 Å². The predicted octanol–water partition coefficient (Wildman–Crippen LogP) is 2.33. The summed E-state index contributed by atoms with van der Waals surface area (Å²) in [5.74, 6) is 1.33. The molecule has 0 spiro atoms. The fraction of sp³-hybridized carbons (Fsp3) is 0.263. The summed E-state index contributed by atoms with van der Waals surface area (Å²) in [6, 6.07) is 9.77. The first-order chi connectivity index (χ1) is 13.1.